The quantitative estimate of drug-likeness (QED) is 0.911. The second-order valence-electron chi connectivity index (χ2n) is 5.19. The van der Waals surface area contributed by atoms with Gasteiger partial charge in [-0.1, -0.05) is 0 Å². The van der Waals surface area contributed by atoms with E-state index < -0.39 is 0 Å². The standard InChI is InChI=1S/C14H18N4OS/c15-14(19)11-6-13(20-9-11)8-18-4-1-2-12(18)7-17-5-3-16-10-17/h3,5-6,9-10,12H,1-2,4,7-8H2,(H2,15,19). The fraction of sp³-hybridized carbons (Fsp3) is 0.429. The normalized spacial score (nSPS) is 19.5. The molecule has 1 unspecified atom stereocenters. The fourth-order valence-electron chi connectivity index (χ4n) is 2.74. The van der Waals surface area contributed by atoms with Gasteiger partial charge in [-0.3, -0.25) is 9.69 Å². The summed E-state index contributed by atoms with van der Waals surface area (Å²) in [5, 5.41) is 1.85. The molecule has 1 atom stereocenters. The van der Waals surface area contributed by atoms with Crippen LogP contribution in [0.25, 0.3) is 0 Å². The highest BCUT2D eigenvalue weighted by Gasteiger charge is 2.25. The molecule has 1 fully saturated rings. The number of nitrogens with zero attached hydrogens (tertiary/aromatic N) is 3. The van der Waals surface area contributed by atoms with Crippen molar-refractivity contribution >= 4 is 17.2 Å². The predicted molar refractivity (Wildman–Crippen MR) is 78.5 cm³/mol. The van der Waals surface area contributed by atoms with Gasteiger partial charge in [0.05, 0.1) is 11.9 Å². The van der Waals surface area contributed by atoms with Crippen molar-refractivity contribution in [3.63, 3.8) is 0 Å². The number of hydrogen-bond acceptors (Lipinski definition) is 4. The molecule has 0 bridgehead atoms. The van der Waals surface area contributed by atoms with E-state index in [1.807, 2.05) is 30.2 Å². The van der Waals surface area contributed by atoms with Crippen molar-refractivity contribution in [2.45, 2.75) is 32.0 Å². The van der Waals surface area contributed by atoms with Gasteiger partial charge in [0.1, 0.15) is 0 Å². The third-order valence-corrected chi connectivity index (χ3v) is 4.70. The molecule has 0 radical (unpaired) electrons. The summed E-state index contributed by atoms with van der Waals surface area (Å²) in [5.74, 6) is -0.344. The Labute approximate surface area is 122 Å². The first-order valence-corrected chi connectivity index (χ1v) is 7.67. The summed E-state index contributed by atoms with van der Waals surface area (Å²) in [6.45, 7) is 2.99. The summed E-state index contributed by atoms with van der Waals surface area (Å²) in [4.78, 5) is 18.9. The molecule has 0 aliphatic carbocycles. The number of carbonyl (C=O) groups excluding carboxylic acids is 1. The minimum absolute atomic E-state index is 0.344. The van der Waals surface area contributed by atoms with Crippen molar-refractivity contribution in [3.05, 3.63) is 40.6 Å². The molecule has 1 aliphatic heterocycles. The summed E-state index contributed by atoms with van der Waals surface area (Å²) in [5.41, 5.74) is 5.92. The molecule has 2 aromatic heterocycles. The molecule has 2 aromatic rings. The van der Waals surface area contributed by atoms with E-state index in [0.717, 1.165) is 19.6 Å². The molecule has 106 valence electrons. The SMILES string of the molecule is NC(=O)c1csc(CN2CCCC2Cn2ccnc2)c1. The lowest BCUT2D eigenvalue weighted by Crippen LogP contribution is -2.32. The number of amides is 1. The number of rotatable bonds is 5. The van der Waals surface area contributed by atoms with Gasteiger partial charge in [0.25, 0.3) is 0 Å². The zero-order chi connectivity index (χ0) is 13.9. The molecule has 0 saturated carbocycles. The van der Waals surface area contributed by atoms with Crippen LogP contribution in [-0.2, 0) is 13.1 Å². The van der Waals surface area contributed by atoms with E-state index in [4.69, 9.17) is 5.73 Å². The topological polar surface area (TPSA) is 64.2 Å². The summed E-state index contributed by atoms with van der Waals surface area (Å²) in [6.07, 6.45) is 8.14. The molecular formula is C14H18N4OS. The molecule has 3 rings (SSSR count). The number of hydrogen-bond donors (Lipinski definition) is 1. The van der Waals surface area contributed by atoms with Crippen LogP contribution in [0.2, 0.25) is 0 Å². The average molecular weight is 290 g/mol. The summed E-state index contributed by atoms with van der Waals surface area (Å²) < 4.78 is 2.13. The second kappa shape index (κ2) is 5.76. The van der Waals surface area contributed by atoms with Crippen LogP contribution in [-0.4, -0.2) is 32.9 Å². The van der Waals surface area contributed by atoms with Gasteiger partial charge in [-0.25, -0.2) is 4.98 Å². The second-order valence-corrected chi connectivity index (χ2v) is 6.19. The van der Waals surface area contributed by atoms with Crippen LogP contribution in [0.15, 0.2) is 30.2 Å². The Morgan fingerprint density at radius 1 is 1.55 bits per heavy atom. The van der Waals surface area contributed by atoms with Crippen LogP contribution >= 0.6 is 11.3 Å². The van der Waals surface area contributed by atoms with E-state index in [9.17, 15) is 4.79 Å². The summed E-state index contributed by atoms with van der Waals surface area (Å²) in [7, 11) is 0. The van der Waals surface area contributed by atoms with Crippen molar-refractivity contribution in [3.8, 4) is 0 Å². The van der Waals surface area contributed by atoms with Crippen molar-refractivity contribution in [2.24, 2.45) is 5.73 Å². The van der Waals surface area contributed by atoms with E-state index in [2.05, 4.69) is 14.5 Å². The molecule has 0 aromatic carbocycles. The molecule has 5 nitrogen and oxygen atoms in total. The van der Waals surface area contributed by atoms with Gasteiger partial charge in [0.2, 0.25) is 5.91 Å². The smallest absolute Gasteiger partial charge is 0.249 e. The number of aromatic nitrogens is 2. The van der Waals surface area contributed by atoms with Gasteiger partial charge < -0.3 is 10.3 Å². The Kier molecular flexibility index (Phi) is 3.84. The maximum Gasteiger partial charge on any atom is 0.249 e. The monoisotopic (exact) mass is 290 g/mol. The van der Waals surface area contributed by atoms with E-state index in [1.165, 1.54) is 17.7 Å². The number of primary amides is 1. The first-order chi connectivity index (χ1) is 9.72. The molecule has 0 spiro atoms. The first-order valence-electron chi connectivity index (χ1n) is 6.79. The van der Waals surface area contributed by atoms with Crippen LogP contribution in [0.5, 0.6) is 0 Å². The Hall–Kier alpha value is -1.66. The van der Waals surface area contributed by atoms with Crippen molar-refractivity contribution in [1.82, 2.24) is 14.5 Å². The van der Waals surface area contributed by atoms with Gasteiger partial charge in [-0.15, -0.1) is 11.3 Å². The fourth-order valence-corrected chi connectivity index (χ4v) is 3.64. The van der Waals surface area contributed by atoms with E-state index in [1.54, 1.807) is 11.3 Å². The molecule has 20 heavy (non-hydrogen) atoms. The van der Waals surface area contributed by atoms with Gasteiger partial charge >= 0.3 is 0 Å². The van der Waals surface area contributed by atoms with Gasteiger partial charge in [0.15, 0.2) is 0 Å². The van der Waals surface area contributed by atoms with Crippen molar-refractivity contribution in [2.75, 3.05) is 6.54 Å². The number of imidazole rings is 1. The average Bonchev–Trinajstić information content (AvgIpc) is 3.13. The van der Waals surface area contributed by atoms with Crippen molar-refractivity contribution < 1.29 is 4.79 Å². The molecule has 1 aliphatic rings. The van der Waals surface area contributed by atoms with Crippen LogP contribution in [0, 0.1) is 0 Å². The van der Waals surface area contributed by atoms with Crippen LogP contribution in [0.3, 0.4) is 0 Å². The van der Waals surface area contributed by atoms with E-state index >= 15 is 0 Å². The van der Waals surface area contributed by atoms with E-state index in [0.29, 0.717) is 11.6 Å². The molecule has 3 heterocycles. The van der Waals surface area contributed by atoms with Gasteiger partial charge in [0, 0.05) is 41.8 Å². The third kappa shape index (κ3) is 2.91. The van der Waals surface area contributed by atoms with Crippen LogP contribution < -0.4 is 5.73 Å². The highest BCUT2D eigenvalue weighted by molar-refractivity contribution is 7.10. The van der Waals surface area contributed by atoms with E-state index in [-0.39, 0.29) is 5.91 Å². The Bertz CT molecular complexity index is 578. The maximum atomic E-state index is 11.1. The van der Waals surface area contributed by atoms with Crippen LogP contribution in [0.4, 0.5) is 0 Å². The lowest BCUT2D eigenvalue weighted by atomic mass is 10.2. The van der Waals surface area contributed by atoms with Crippen molar-refractivity contribution in [1.29, 1.82) is 0 Å². The first kappa shape index (κ1) is 13.3. The Morgan fingerprint density at radius 2 is 2.45 bits per heavy atom. The number of likely N-dealkylation sites (tertiary alicyclic amines) is 1. The molecule has 1 saturated heterocycles. The number of nitrogens with two attached hydrogens (primary N) is 1. The Morgan fingerprint density at radius 3 is 3.15 bits per heavy atom. The highest BCUT2D eigenvalue weighted by Crippen LogP contribution is 2.24. The van der Waals surface area contributed by atoms with Gasteiger partial charge in [-0.2, -0.15) is 0 Å². The van der Waals surface area contributed by atoms with Gasteiger partial charge in [-0.05, 0) is 25.5 Å². The lowest BCUT2D eigenvalue weighted by molar-refractivity contribution is 0.100. The number of thiophene rings is 1. The molecule has 6 heteroatoms. The minimum Gasteiger partial charge on any atom is -0.366 e. The lowest BCUT2D eigenvalue weighted by Gasteiger charge is -2.24. The molecule has 2 N–H and O–H groups in total. The molecule has 1 amide bonds. The van der Waals surface area contributed by atoms with Crippen LogP contribution in [0.1, 0.15) is 28.1 Å². The Balaban J connectivity index is 1.64. The predicted octanol–water partition coefficient (Wildman–Crippen LogP) is 1.71. The largest absolute Gasteiger partial charge is 0.366 e. The summed E-state index contributed by atoms with van der Waals surface area (Å²) >= 11 is 1.61. The zero-order valence-corrected chi connectivity index (χ0v) is 12.1. The summed E-state index contributed by atoms with van der Waals surface area (Å²) in [6, 6.07) is 2.46. The number of carbonyl (C=O) groups is 1. The molecular weight excluding hydrogens is 272 g/mol. The third-order valence-electron chi connectivity index (χ3n) is 3.78. The highest BCUT2D eigenvalue weighted by atomic mass is 32.1. The minimum atomic E-state index is -0.344. The maximum absolute atomic E-state index is 11.1. The zero-order valence-electron chi connectivity index (χ0n) is 11.2.